The molecular weight excluding hydrogens is 648 g/mol. The van der Waals surface area contributed by atoms with Gasteiger partial charge < -0.3 is 45.6 Å². The minimum atomic E-state index is -1.70. The van der Waals surface area contributed by atoms with Gasteiger partial charge in [0.1, 0.15) is 17.8 Å². The van der Waals surface area contributed by atoms with Gasteiger partial charge in [-0.05, 0) is 32.1 Å². The van der Waals surface area contributed by atoms with E-state index in [-0.39, 0.29) is 24.3 Å². The smallest absolute Gasteiger partial charge is 0.220 e. The SMILES string of the molecule is CC[C@@H](O)[C@@H](C)[C@H](CO[C@H]1OC(CO)C2(O)C(O)[C@@H]2C1O)NC(=O)CCCCCCCCCCCNC(=O)CCCCCCBr. The monoisotopic (exact) mass is 708 g/mol. The second kappa shape index (κ2) is 21.9. The normalized spacial score (nSPS) is 27.8. The Morgan fingerprint density at radius 1 is 0.911 bits per heavy atom. The minimum absolute atomic E-state index is 0.0464. The van der Waals surface area contributed by atoms with Crippen molar-refractivity contribution in [3.63, 3.8) is 0 Å². The molecule has 4 unspecified atom stereocenters. The molecule has 264 valence electrons. The third-order valence-corrected chi connectivity index (χ3v) is 10.1. The molecule has 0 aromatic carbocycles. The molecule has 12 heteroatoms. The Balaban J connectivity index is 1.56. The van der Waals surface area contributed by atoms with Crippen LogP contribution in [0.3, 0.4) is 0 Å². The van der Waals surface area contributed by atoms with Gasteiger partial charge in [0.2, 0.25) is 11.8 Å². The predicted octanol–water partition coefficient (Wildman–Crippen LogP) is 3.06. The number of unbranched alkanes of at least 4 members (excludes halogenated alkanes) is 11. The summed E-state index contributed by atoms with van der Waals surface area (Å²) in [7, 11) is 0. The Kier molecular flexibility index (Phi) is 19.6. The van der Waals surface area contributed by atoms with E-state index in [0.717, 1.165) is 63.2 Å². The maximum absolute atomic E-state index is 12.8. The summed E-state index contributed by atoms with van der Waals surface area (Å²) >= 11 is 3.43. The lowest BCUT2D eigenvalue weighted by Crippen LogP contribution is -2.53. The van der Waals surface area contributed by atoms with E-state index in [1.165, 1.54) is 32.1 Å². The van der Waals surface area contributed by atoms with E-state index < -0.39 is 54.9 Å². The van der Waals surface area contributed by atoms with Gasteiger partial charge in [-0.2, -0.15) is 0 Å². The number of ether oxygens (including phenoxy) is 2. The van der Waals surface area contributed by atoms with Gasteiger partial charge in [0.15, 0.2) is 6.29 Å². The molecule has 0 bridgehead atoms. The molecule has 1 heterocycles. The quantitative estimate of drug-likeness (QED) is 0.0526. The lowest BCUT2D eigenvalue weighted by molar-refractivity contribution is -0.275. The van der Waals surface area contributed by atoms with Crippen LogP contribution in [0.5, 0.6) is 0 Å². The highest BCUT2D eigenvalue weighted by Crippen LogP contribution is 2.53. The molecule has 0 aromatic heterocycles. The summed E-state index contributed by atoms with van der Waals surface area (Å²) in [5, 5.41) is 58.1. The number of aliphatic hydroxyl groups is 5. The zero-order valence-corrected chi connectivity index (χ0v) is 29.1. The topological polar surface area (TPSA) is 178 Å². The second-order valence-corrected chi connectivity index (χ2v) is 13.8. The molecule has 2 amide bonds. The highest BCUT2D eigenvalue weighted by molar-refractivity contribution is 9.09. The van der Waals surface area contributed by atoms with Crippen LogP contribution in [-0.4, -0.2) is 105 Å². The van der Waals surface area contributed by atoms with E-state index in [1.54, 1.807) is 0 Å². The number of carbonyl (C=O) groups is 2. The summed E-state index contributed by atoms with van der Waals surface area (Å²) in [6.45, 7) is 3.86. The maximum Gasteiger partial charge on any atom is 0.220 e. The van der Waals surface area contributed by atoms with Crippen molar-refractivity contribution >= 4 is 27.7 Å². The number of carbonyl (C=O) groups excluding carboxylic acids is 2. The van der Waals surface area contributed by atoms with E-state index in [4.69, 9.17) is 9.47 Å². The molecule has 0 aromatic rings. The van der Waals surface area contributed by atoms with Crippen LogP contribution in [0, 0.1) is 11.8 Å². The molecule has 45 heavy (non-hydrogen) atoms. The van der Waals surface area contributed by atoms with Crippen LogP contribution in [0.4, 0.5) is 0 Å². The molecule has 0 spiro atoms. The fraction of sp³-hybridized carbons (Fsp3) is 0.939. The van der Waals surface area contributed by atoms with Gasteiger partial charge in [-0.3, -0.25) is 9.59 Å². The Morgan fingerprint density at radius 2 is 1.47 bits per heavy atom. The molecule has 2 aliphatic rings. The fourth-order valence-electron chi connectivity index (χ4n) is 6.26. The molecule has 1 saturated heterocycles. The van der Waals surface area contributed by atoms with E-state index in [1.807, 2.05) is 13.8 Å². The highest BCUT2D eigenvalue weighted by atomic mass is 79.9. The van der Waals surface area contributed by atoms with Gasteiger partial charge in [0.25, 0.3) is 0 Å². The van der Waals surface area contributed by atoms with Gasteiger partial charge in [-0.1, -0.05) is 87.6 Å². The van der Waals surface area contributed by atoms with Crippen molar-refractivity contribution < 1.29 is 44.6 Å². The lowest BCUT2D eigenvalue weighted by Gasteiger charge is -2.37. The summed E-state index contributed by atoms with van der Waals surface area (Å²) in [6.07, 6.45) is 10.1. The first-order chi connectivity index (χ1) is 21.6. The van der Waals surface area contributed by atoms with Crippen molar-refractivity contribution in [2.75, 3.05) is 25.1 Å². The number of aliphatic hydroxyl groups excluding tert-OH is 4. The standard InChI is InChI=1S/C33H61BrN2O9/c1-3-25(38)23(2)24(22-44-32-30(41)29-31(42)33(29,43)26(21-37)45-32)36-28(40)18-14-9-7-5-4-6-8-12-16-20-35-27(39)17-13-10-11-15-19-34/h23-26,29-32,37-38,41-43H,3-22H2,1-2H3,(H,35,39)(H,36,40)/t23-,24-,25+,26?,29-,30?,31?,32-,33?/m0/s1. The van der Waals surface area contributed by atoms with Gasteiger partial charge in [-0.15, -0.1) is 0 Å². The van der Waals surface area contributed by atoms with Crippen molar-refractivity contribution in [1.29, 1.82) is 0 Å². The van der Waals surface area contributed by atoms with E-state index in [9.17, 15) is 35.1 Å². The van der Waals surface area contributed by atoms with Crippen molar-refractivity contribution in [1.82, 2.24) is 10.6 Å². The number of amides is 2. The van der Waals surface area contributed by atoms with Gasteiger partial charge in [0.05, 0.1) is 37.4 Å². The number of alkyl halides is 1. The van der Waals surface area contributed by atoms with Gasteiger partial charge >= 0.3 is 0 Å². The number of nitrogens with one attached hydrogen (secondary N) is 2. The molecule has 1 aliphatic carbocycles. The summed E-state index contributed by atoms with van der Waals surface area (Å²) in [5.41, 5.74) is -1.70. The second-order valence-electron chi connectivity index (χ2n) is 13.0. The van der Waals surface area contributed by atoms with Crippen molar-refractivity contribution in [3.8, 4) is 0 Å². The van der Waals surface area contributed by atoms with Crippen molar-refractivity contribution in [2.45, 2.75) is 159 Å². The fourth-order valence-corrected chi connectivity index (χ4v) is 6.65. The number of fused-ring (bicyclic) bond motifs is 1. The Labute approximate surface area is 278 Å². The van der Waals surface area contributed by atoms with Gasteiger partial charge in [0, 0.05) is 30.6 Å². The van der Waals surface area contributed by atoms with Crippen LogP contribution >= 0.6 is 15.9 Å². The summed E-state index contributed by atoms with van der Waals surface area (Å²) in [5.74, 6) is -1.17. The summed E-state index contributed by atoms with van der Waals surface area (Å²) in [6, 6.07) is -0.539. The van der Waals surface area contributed by atoms with Crippen LogP contribution < -0.4 is 10.6 Å². The summed E-state index contributed by atoms with van der Waals surface area (Å²) < 4.78 is 11.3. The number of halogens is 1. The molecule has 2 rings (SSSR count). The zero-order chi connectivity index (χ0) is 33.2. The first-order valence-corrected chi connectivity index (χ1v) is 18.5. The Hall–Kier alpha value is -0.860. The average molecular weight is 710 g/mol. The molecule has 7 N–H and O–H groups in total. The summed E-state index contributed by atoms with van der Waals surface area (Å²) in [4.78, 5) is 24.6. The Bertz CT molecular complexity index is 836. The number of rotatable bonds is 26. The minimum Gasteiger partial charge on any atom is -0.394 e. The first kappa shape index (κ1) is 40.3. The van der Waals surface area contributed by atoms with Crippen LogP contribution in [0.2, 0.25) is 0 Å². The maximum atomic E-state index is 12.8. The predicted molar refractivity (Wildman–Crippen MR) is 176 cm³/mol. The van der Waals surface area contributed by atoms with E-state index in [2.05, 4.69) is 26.6 Å². The molecule has 2 fully saturated rings. The average Bonchev–Trinajstić information content (AvgIpc) is 3.60. The number of hydrogen-bond donors (Lipinski definition) is 7. The van der Waals surface area contributed by atoms with Crippen molar-refractivity contribution in [2.24, 2.45) is 11.8 Å². The Morgan fingerprint density at radius 3 is 2.04 bits per heavy atom. The molecule has 11 nitrogen and oxygen atoms in total. The molecular formula is C33H61BrN2O9. The van der Waals surface area contributed by atoms with Crippen LogP contribution in [0.15, 0.2) is 0 Å². The molecule has 9 atom stereocenters. The number of hydrogen-bond acceptors (Lipinski definition) is 9. The first-order valence-electron chi connectivity index (χ1n) is 17.4. The van der Waals surface area contributed by atoms with E-state index in [0.29, 0.717) is 19.3 Å². The molecule has 0 radical (unpaired) electrons. The van der Waals surface area contributed by atoms with Crippen LogP contribution in [-0.2, 0) is 19.1 Å². The molecule has 1 aliphatic heterocycles. The van der Waals surface area contributed by atoms with Gasteiger partial charge in [-0.25, -0.2) is 0 Å². The van der Waals surface area contributed by atoms with Crippen LogP contribution in [0.25, 0.3) is 0 Å². The zero-order valence-electron chi connectivity index (χ0n) is 27.5. The molecule has 1 saturated carbocycles. The largest absolute Gasteiger partial charge is 0.394 e. The third kappa shape index (κ3) is 13.3. The van der Waals surface area contributed by atoms with E-state index >= 15 is 0 Å². The lowest BCUT2D eigenvalue weighted by atomic mass is 9.94. The third-order valence-electron chi connectivity index (χ3n) is 9.50. The van der Waals surface area contributed by atoms with Crippen molar-refractivity contribution in [3.05, 3.63) is 0 Å². The van der Waals surface area contributed by atoms with Crippen LogP contribution in [0.1, 0.15) is 117 Å². The highest BCUT2D eigenvalue weighted by Gasteiger charge is 2.75.